The summed E-state index contributed by atoms with van der Waals surface area (Å²) in [7, 11) is 0. The molecule has 10 heteroatoms. The standard InChI is InChI=1S/C23H15N3O6S/c1-12-7-8-15-17(10-12)33-23(24-15)25-19(13-4-2-5-14(11-13)26(30)31)18(21(28)22(25)29)20(27)16-6-3-9-32-16/h2-11,19,28H,1H3. The zero-order valence-electron chi connectivity index (χ0n) is 17.1. The molecular formula is C23H15N3O6S. The van der Waals surface area contributed by atoms with E-state index in [1.165, 1.54) is 52.8 Å². The van der Waals surface area contributed by atoms with E-state index in [0.29, 0.717) is 5.52 Å². The third-order valence-corrected chi connectivity index (χ3v) is 6.35. The van der Waals surface area contributed by atoms with Crippen molar-refractivity contribution in [3.8, 4) is 0 Å². The summed E-state index contributed by atoms with van der Waals surface area (Å²) < 4.78 is 6.01. The van der Waals surface area contributed by atoms with Crippen molar-refractivity contribution in [2.24, 2.45) is 0 Å². The fourth-order valence-corrected chi connectivity index (χ4v) is 4.91. The van der Waals surface area contributed by atoms with Gasteiger partial charge in [-0.2, -0.15) is 0 Å². The second kappa shape index (κ2) is 7.68. The van der Waals surface area contributed by atoms with Crippen LogP contribution in [0.15, 0.2) is 76.6 Å². The van der Waals surface area contributed by atoms with Crippen LogP contribution in [-0.2, 0) is 4.79 Å². The van der Waals surface area contributed by atoms with Crippen molar-refractivity contribution in [2.75, 3.05) is 4.90 Å². The van der Waals surface area contributed by atoms with Gasteiger partial charge in [0.05, 0.1) is 33.0 Å². The molecule has 164 valence electrons. The molecule has 0 fully saturated rings. The summed E-state index contributed by atoms with van der Waals surface area (Å²) in [4.78, 5) is 43.0. The Hall–Kier alpha value is -4.31. The maximum absolute atomic E-state index is 13.2. The first-order valence-corrected chi connectivity index (χ1v) is 10.6. The SMILES string of the molecule is Cc1ccc2nc(N3C(=O)C(O)=C(C(=O)c4ccco4)C3c3cccc([N+](=O)[O-])c3)sc2c1. The van der Waals surface area contributed by atoms with E-state index in [9.17, 15) is 24.8 Å². The van der Waals surface area contributed by atoms with E-state index in [1.54, 1.807) is 6.07 Å². The first kappa shape index (κ1) is 20.6. The van der Waals surface area contributed by atoms with Gasteiger partial charge in [-0.1, -0.05) is 29.5 Å². The van der Waals surface area contributed by atoms with Gasteiger partial charge in [-0.25, -0.2) is 4.98 Å². The number of aryl methyl sites for hydroxylation is 1. The van der Waals surface area contributed by atoms with Gasteiger partial charge in [0, 0.05) is 12.1 Å². The highest BCUT2D eigenvalue weighted by Crippen LogP contribution is 2.44. The molecule has 0 saturated heterocycles. The third kappa shape index (κ3) is 3.37. The highest BCUT2D eigenvalue weighted by molar-refractivity contribution is 7.22. The number of aromatic nitrogens is 1. The number of hydrogen-bond donors (Lipinski definition) is 1. The van der Waals surface area contributed by atoms with Crippen LogP contribution >= 0.6 is 11.3 Å². The van der Waals surface area contributed by atoms with Gasteiger partial charge in [-0.3, -0.25) is 24.6 Å². The Labute approximate surface area is 190 Å². The summed E-state index contributed by atoms with van der Waals surface area (Å²) in [5.41, 5.74) is 1.50. The lowest BCUT2D eigenvalue weighted by Gasteiger charge is -2.24. The van der Waals surface area contributed by atoms with E-state index < -0.39 is 28.4 Å². The largest absolute Gasteiger partial charge is 0.503 e. The molecule has 9 nitrogen and oxygen atoms in total. The maximum atomic E-state index is 13.2. The molecule has 5 rings (SSSR count). The van der Waals surface area contributed by atoms with E-state index in [2.05, 4.69) is 4.98 Å². The second-order valence-corrected chi connectivity index (χ2v) is 8.48. The number of ketones is 1. The fraction of sp³-hybridized carbons (Fsp3) is 0.0870. The number of furan rings is 1. The number of amides is 1. The summed E-state index contributed by atoms with van der Waals surface area (Å²) in [5.74, 6) is -2.33. The molecule has 0 spiro atoms. The summed E-state index contributed by atoms with van der Waals surface area (Å²) in [6.45, 7) is 1.93. The third-order valence-electron chi connectivity index (χ3n) is 5.33. The van der Waals surface area contributed by atoms with Crippen LogP contribution in [0.2, 0.25) is 0 Å². The van der Waals surface area contributed by atoms with E-state index in [-0.39, 0.29) is 27.7 Å². The summed E-state index contributed by atoms with van der Waals surface area (Å²) in [5, 5.41) is 22.4. The fourth-order valence-electron chi connectivity index (χ4n) is 3.82. The van der Waals surface area contributed by atoms with Crippen LogP contribution in [0.25, 0.3) is 10.2 Å². The quantitative estimate of drug-likeness (QED) is 0.255. The Morgan fingerprint density at radius 2 is 2.03 bits per heavy atom. The van der Waals surface area contributed by atoms with E-state index in [1.807, 2.05) is 25.1 Å². The number of nitrogens with zero attached hydrogens (tertiary/aromatic N) is 3. The topological polar surface area (TPSA) is 127 Å². The van der Waals surface area contributed by atoms with Gasteiger partial charge in [0.2, 0.25) is 5.78 Å². The van der Waals surface area contributed by atoms with Gasteiger partial charge in [-0.15, -0.1) is 0 Å². The number of nitro groups is 1. The average Bonchev–Trinajstić information content (AvgIpc) is 3.52. The van der Waals surface area contributed by atoms with Crippen LogP contribution in [-0.4, -0.2) is 26.7 Å². The van der Waals surface area contributed by atoms with Crippen molar-refractivity contribution >= 4 is 44.1 Å². The Kier molecular flexibility index (Phi) is 4.79. The molecule has 2 aromatic carbocycles. The lowest BCUT2D eigenvalue weighted by molar-refractivity contribution is -0.384. The predicted octanol–water partition coefficient (Wildman–Crippen LogP) is 4.89. The number of hydrogen-bond acceptors (Lipinski definition) is 8. The molecular weight excluding hydrogens is 446 g/mol. The number of non-ortho nitro benzene ring substituents is 1. The van der Waals surface area contributed by atoms with Crippen molar-refractivity contribution in [3.63, 3.8) is 0 Å². The smallest absolute Gasteiger partial charge is 0.296 e. The zero-order valence-corrected chi connectivity index (χ0v) is 17.9. The first-order valence-electron chi connectivity index (χ1n) is 9.81. The molecule has 3 heterocycles. The molecule has 0 saturated carbocycles. The Morgan fingerprint density at radius 1 is 1.21 bits per heavy atom. The van der Waals surface area contributed by atoms with Crippen LogP contribution in [0.4, 0.5) is 10.8 Å². The van der Waals surface area contributed by atoms with Crippen molar-refractivity contribution in [1.29, 1.82) is 0 Å². The lowest BCUT2D eigenvalue weighted by Crippen LogP contribution is -2.31. The number of rotatable bonds is 5. The predicted molar refractivity (Wildman–Crippen MR) is 120 cm³/mol. The monoisotopic (exact) mass is 461 g/mol. The molecule has 0 bridgehead atoms. The molecule has 0 radical (unpaired) electrons. The van der Waals surface area contributed by atoms with E-state index >= 15 is 0 Å². The number of aliphatic hydroxyl groups excluding tert-OH is 1. The summed E-state index contributed by atoms with van der Waals surface area (Å²) in [6.07, 6.45) is 1.30. The van der Waals surface area contributed by atoms with Gasteiger partial charge in [0.15, 0.2) is 16.7 Å². The molecule has 1 amide bonds. The minimum absolute atomic E-state index is 0.0680. The Morgan fingerprint density at radius 3 is 2.76 bits per heavy atom. The van der Waals surface area contributed by atoms with Gasteiger partial charge in [-0.05, 0) is 42.3 Å². The number of nitro benzene ring substituents is 1. The highest BCUT2D eigenvalue weighted by atomic mass is 32.1. The normalized spacial score (nSPS) is 16.1. The number of carbonyl (C=O) groups excluding carboxylic acids is 2. The average molecular weight is 461 g/mol. The number of anilines is 1. The Balaban J connectivity index is 1.70. The number of carbonyl (C=O) groups is 2. The van der Waals surface area contributed by atoms with E-state index in [4.69, 9.17) is 4.42 Å². The lowest BCUT2D eigenvalue weighted by atomic mass is 9.95. The molecule has 2 aromatic heterocycles. The zero-order chi connectivity index (χ0) is 23.3. The van der Waals surface area contributed by atoms with Crippen LogP contribution in [0, 0.1) is 17.0 Å². The molecule has 1 aliphatic heterocycles. The molecule has 1 unspecified atom stereocenters. The van der Waals surface area contributed by atoms with Crippen molar-refractivity contribution in [2.45, 2.75) is 13.0 Å². The minimum atomic E-state index is -1.13. The highest BCUT2D eigenvalue weighted by Gasteiger charge is 2.46. The Bertz CT molecular complexity index is 1470. The van der Waals surface area contributed by atoms with Gasteiger partial charge in [0.25, 0.3) is 11.6 Å². The molecule has 1 atom stereocenters. The van der Waals surface area contributed by atoms with Crippen LogP contribution in [0.1, 0.15) is 27.7 Å². The number of fused-ring (bicyclic) bond motifs is 1. The second-order valence-electron chi connectivity index (χ2n) is 7.47. The molecule has 33 heavy (non-hydrogen) atoms. The summed E-state index contributed by atoms with van der Waals surface area (Å²) in [6, 6.07) is 13.0. The number of aliphatic hydroxyl groups is 1. The van der Waals surface area contributed by atoms with Crippen LogP contribution < -0.4 is 4.90 Å². The number of Topliss-reactive ketones (excluding diaryl/α,β-unsaturated/α-hetero) is 1. The van der Waals surface area contributed by atoms with Crippen molar-refractivity contribution in [3.05, 3.63) is 99.2 Å². The molecule has 1 aliphatic rings. The van der Waals surface area contributed by atoms with Gasteiger partial charge >= 0.3 is 0 Å². The van der Waals surface area contributed by atoms with Gasteiger partial charge < -0.3 is 9.52 Å². The molecule has 0 aliphatic carbocycles. The summed E-state index contributed by atoms with van der Waals surface area (Å²) >= 11 is 1.22. The number of thiazole rings is 1. The van der Waals surface area contributed by atoms with Crippen LogP contribution in [0.3, 0.4) is 0 Å². The van der Waals surface area contributed by atoms with Crippen molar-refractivity contribution in [1.82, 2.24) is 4.98 Å². The van der Waals surface area contributed by atoms with Crippen molar-refractivity contribution < 1.29 is 24.0 Å². The molecule has 4 aromatic rings. The minimum Gasteiger partial charge on any atom is -0.503 e. The molecule has 1 N–H and O–H groups in total. The van der Waals surface area contributed by atoms with Crippen LogP contribution in [0.5, 0.6) is 0 Å². The maximum Gasteiger partial charge on any atom is 0.296 e. The number of benzene rings is 2. The van der Waals surface area contributed by atoms with E-state index in [0.717, 1.165) is 10.3 Å². The first-order chi connectivity index (χ1) is 15.8. The van der Waals surface area contributed by atoms with Gasteiger partial charge in [0.1, 0.15) is 0 Å².